The van der Waals surface area contributed by atoms with Gasteiger partial charge in [0, 0.05) is 38.4 Å². The van der Waals surface area contributed by atoms with Crippen LogP contribution in [-0.4, -0.2) is 67.9 Å². The van der Waals surface area contributed by atoms with Gasteiger partial charge in [-0.05, 0) is 37.7 Å². The highest BCUT2D eigenvalue weighted by Crippen LogP contribution is 2.16. The number of rotatable bonds is 4. The molecule has 1 aromatic carbocycles. The van der Waals surface area contributed by atoms with Crippen LogP contribution in [0.2, 0.25) is 0 Å². The quantitative estimate of drug-likeness (QED) is 0.798. The summed E-state index contributed by atoms with van der Waals surface area (Å²) in [7, 11) is 2.08. The minimum Gasteiger partial charge on any atom is -0.340 e. The van der Waals surface area contributed by atoms with Gasteiger partial charge in [-0.3, -0.25) is 9.59 Å². The van der Waals surface area contributed by atoms with Crippen LogP contribution in [0.25, 0.3) is 0 Å². The fourth-order valence-electron chi connectivity index (χ4n) is 3.22. The first-order chi connectivity index (χ1) is 11.6. The topological polar surface area (TPSA) is 64.7 Å². The van der Waals surface area contributed by atoms with Gasteiger partial charge in [-0.1, -0.05) is 12.1 Å². The first kappa shape index (κ1) is 22.7. The fraction of sp³-hybridized carbons (Fsp3) is 0.556. The van der Waals surface area contributed by atoms with Crippen LogP contribution in [0.5, 0.6) is 0 Å². The van der Waals surface area contributed by atoms with Gasteiger partial charge < -0.3 is 20.4 Å². The van der Waals surface area contributed by atoms with Crippen LogP contribution in [-0.2, 0) is 16.0 Å². The van der Waals surface area contributed by atoms with Crippen LogP contribution in [0, 0.1) is 5.92 Å². The summed E-state index contributed by atoms with van der Waals surface area (Å²) in [5.74, 6) is 0.259. The van der Waals surface area contributed by atoms with Crippen molar-refractivity contribution in [2.45, 2.75) is 12.8 Å². The van der Waals surface area contributed by atoms with Crippen LogP contribution in [0.4, 0.5) is 5.69 Å². The van der Waals surface area contributed by atoms with Crippen LogP contribution in [0.15, 0.2) is 24.3 Å². The molecular weight excluding hydrogens is 375 g/mol. The standard InChI is InChI=1S/C18H26N4O2.2ClH/c1-21-7-9-22(10-8-21)17(23)12-14-3-2-4-16(11-14)20-18(24)15-5-6-19-13-15;;/h2-4,11,15,19H,5-10,12-13H2,1H3,(H,20,24);2*1H. The molecule has 2 heterocycles. The van der Waals surface area contributed by atoms with Gasteiger partial charge in [-0.15, -0.1) is 24.8 Å². The molecule has 2 aliphatic heterocycles. The highest BCUT2D eigenvalue weighted by molar-refractivity contribution is 5.93. The number of hydrogen-bond donors (Lipinski definition) is 2. The van der Waals surface area contributed by atoms with Crippen molar-refractivity contribution in [1.82, 2.24) is 15.1 Å². The van der Waals surface area contributed by atoms with Crippen molar-refractivity contribution in [2.75, 3.05) is 51.6 Å². The van der Waals surface area contributed by atoms with Gasteiger partial charge in [0.1, 0.15) is 0 Å². The smallest absolute Gasteiger partial charge is 0.228 e. The second-order valence-electron chi connectivity index (χ2n) is 6.74. The lowest BCUT2D eigenvalue weighted by Crippen LogP contribution is -2.47. The van der Waals surface area contributed by atoms with E-state index in [-0.39, 0.29) is 42.5 Å². The molecule has 0 bridgehead atoms. The average Bonchev–Trinajstić information content (AvgIpc) is 3.10. The van der Waals surface area contributed by atoms with Crippen LogP contribution < -0.4 is 10.6 Å². The largest absolute Gasteiger partial charge is 0.340 e. The summed E-state index contributed by atoms with van der Waals surface area (Å²) in [6.45, 7) is 5.08. The Morgan fingerprint density at radius 3 is 2.58 bits per heavy atom. The van der Waals surface area contributed by atoms with E-state index in [0.29, 0.717) is 6.42 Å². The number of benzene rings is 1. The minimum atomic E-state index is 0. The van der Waals surface area contributed by atoms with Crippen molar-refractivity contribution in [3.63, 3.8) is 0 Å². The van der Waals surface area contributed by atoms with Crippen molar-refractivity contribution in [1.29, 1.82) is 0 Å². The highest BCUT2D eigenvalue weighted by Gasteiger charge is 2.23. The number of halogens is 2. The van der Waals surface area contributed by atoms with E-state index >= 15 is 0 Å². The Morgan fingerprint density at radius 2 is 1.92 bits per heavy atom. The molecule has 0 radical (unpaired) electrons. The van der Waals surface area contributed by atoms with Crippen molar-refractivity contribution in [3.05, 3.63) is 29.8 Å². The van der Waals surface area contributed by atoms with Crippen molar-refractivity contribution < 1.29 is 9.59 Å². The summed E-state index contributed by atoms with van der Waals surface area (Å²) in [5.41, 5.74) is 1.72. The number of hydrogen-bond acceptors (Lipinski definition) is 4. The lowest BCUT2D eigenvalue weighted by molar-refractivity contribution is -0.132. The fourth-order valence-corrected chi connectivity index (χ4v) is 3.22. The summed E-state index contributed by atoms with van der Waals surface area (Å²) in [6.07, 6.45) is 1.27. The second kappa shape index (κ2) is 10.7. The van der Waals surface area contributed by atoms with E-state index in [9.17, 15) is 9.59 Å². The number of amides is 2. The Morgan fingerprint density at radius 1 is 1.19 bits per heavy atom. The van der Waals surface area contributed by atoms with Crippen molar-refractivity contribution >= 4 is 42.3 Å². The SMILES string of the molecule is CN1CCN(C(=O)Cc2cccc(NC(=O)C3CCNC3)c2)CC1.Cl.Cl. The van der Waals surface area contributed by atoms with Crippen molar-refractivity contribution in [3.8, 4) is 0 Å². The lowest BCUT2D eigenvalue weighted by Gasteiger charge is -2.32. The Bertz CT molecular complexity index is 601. The van der Waals surface area contributed by atoms with E-state index in [1.165, 1.54) is 0 Å². The van der Waals surface area contributed by atoms with Crippen LogP contribution in [0.1, 0.15) is 12.0 Å². The normalized spacial score (nSPS) is 20.0. The van der Waals surface area contributed by atoms with Crippen LogP contribution in [0.3, 0.4) is 0 Å². The molecule has 2 saturated heterocycles. The van der Waals surface area contributed by atoms with Gasteiger partial charge in [-0.25, -0.2) is 0 Å². The molecule has 0 saturated carbocycles. The molecule has 6 nitrogen and oxygen atoms in total. The Kier molecular flexibility index (Phi) is 9.36. The molecule has 2 amide bonds. The van der Waals surface area contributed by atoms with Gasteiger partial charge in [-0.2, -0.15) is 0 Å². The van der Waals surface area contributed by atoms with Crippen LogP contribution >= 0.6 is 24.8 Å². The number of likely N-dealkylation sites (N-methyl/N-ethyl adjacent to an activating group) is 1. The molecule has 1 unspecified atom stereocenters. The maximum atomic E-state index is 12.4. The molecule has 2 N–H and O–H groups in total. The summed E-state index contributed by atoms with van der Waals surface area (Å²) in [6, 6.07) is 7.63. The van der Waals surface area contributed by atoms with Gasteiger partial charge in [0.25, 0.3) is 0 Å². The molecule has 0 aromatic heterocycles. The third kappa shape index (κ3) is 6.13. The number of anilines is 1. The molecule has 1 aromatic rings. The molecule has 1 atom stereocenters. The first-order valence-corrected chi connectivity index (χ1v) is 8.68. The molecular formula is C18H28Cl2N4O2. The number of nitrogens with zero attached hydrogens (tertiary/aromatic N) is 2. The number of carbonyl (C=O) groups excluding carboxylic acids is 2. The number of piperazine rings is 1. The zero-order chi connectivity index (χ0) is 16.9. The van der Waals surface area contributed by atoms with Gasteiger partial charge in [0.05, 0.1) is 12.3 Å². The molecule has 2 fully saturated rings. The number of nitrogens with one attached hydrogen (secondary N) is 2. The van der Waals surface area contributed by atoms with E-state index in [1.54, 1.807) is 0 Å². The van der Waals surface area contributed by atoms with E-state index in [4.69, 9.17) is 0 Å². The van der Waals surface area contributed by atoms with Gasteiger partial charge in [0.2, 0.25) is 11.8 Å². The second-order valence-corrected chi connectivity index (χ2v) is 6.74. The maximum absolute atomic E-state index is 12.4. The third-order valence-corrected chi connectivity index (χ3v) is 4.84. The minimum absolute atomic E-state index is 0. The van der Waals surface area contributed by atoms with Gasteiger partial charge in [0.15, 0.2) is 0 Å². The maximum Gasteiger partial charge on any atom is 0.228 e. The molecule has 8 heteroatoms. The molecule has 2 aliphatic rings. The van der Waals surface area contributed by atoms with E-state index in [0.717, 1.165) is 56.9 Å². The van der Waals surface area contributed by atoms with E-state index in [1.807, 2.05) is 29.2 Å². The average molecular weight is 403 g/mol. The molecule has 146 valence electrons. The zero-order valence-corrected chi connectivity index (χ0v) is 16.7. The van der Waals surface area contributed by atoms with E-state index in [2.05, 4.69) is 22.6 Å². The summed E-state index contributed by atoms with van der Waals surface area (Å²) < 4.78 is 0. The lowest BCUT2D eigenvalue weighted by atomic mass is 10.1. The Hall–Kier alpha value is -1.34. The zero-order valence-electron chi connectivity index (χ0n) is 15.1. The summed E-state index contributed by atoms with van der Waals surface area (Å²) in [5, 5.41) is 6.17. The summed E-state index contributed by atoms with van der Waals surface area (Å²) >= 11 is 0. The highest BCUT2D eigenvalue weighted by atomic mass is 35.5. The molecule has 0 aliphatic carbocycles. The predicted molar refractivity (Wildman–Crippen MR) is 108 cm³/mol. The predicted octanol–water partition coefficient (Wildman–Crippen LogP) is 1.39. The third-order valence-electron chi connectivity index (χ3n) is 4.84. The Balaban J connectivity index is 0.00000169. The monoisotopic (exact) mass is 402 g/mol. The molecule has 3 rings (SSSR count). The number of carbonyl (C=O) groups is 2. The molecule has 0 spiro atoms. The summed E-state index contributed by atoms with van der Waals surface area (Å²) in [4.78, 5) is 28.8. The van der Waals surface area contributed by atoms with Gasteiger partial charge >= 0.3 is 0 Å². The molecule has 26 heavy (non-hydrogen) atoms. The Labute approximate surface area is 167 Å². The van der Waals surface area contributed by atoms with E-state index < -0.39 is 0 Å². The first-order valence-electron chi connectivity index (χ1n) is 8.68. The van der Waals surface area contributed by atoms with Crippen molar-refractivity contribution in [2.24, 2.45) is 5.92 Å².